The highest BCUT2D eigenvalue weighted by Gasteiger charge is 2.30. The Balaban J connectivity index is 2.08. The van der Waals surface area contributed by atoms with Gasteiger partial charge in [-0.3, -0.25) is 4.57 Å². The summed E-state index contributed by atoms with van der Waals surface area (Å²) in [6.45, 7) is 2.04. The normalized spacial score (nSPS) is 11.5. The Bertz CT molecular complexity index is 1150. The van der Waals surface area contributed by atoms with Crippen molar-refractivity contribution in [2.45, 2.75) is 32.6 Å². The van der Waals surface area contributed by atoms with Crippen LogP contribution in [0.1, 0.15) is 24.5 Å². The Labute approximate surface area is 174 Å². The monoisotopic (exact) mass is 438 g/mol. The number of halogens is 4. The molecule has 0 amide bonds. The number of alkyl halides is 3. The van der Waals surface area contributed by atoms with Crippen molar-refractivity contribution < 1.29 is 13.2 Å². The van der Waals surface area contributed by atoms with Gasteiger partial charge in [-0.05, 0) is 42.3 Å². The lowest BCUT2D eigenvalue weighted by Gasteiger charge is -2.16. The Hall–Kier alpha value is -3.07. The first-order valence-corrected chi connectivity index (χ1v) is 9.47. The topological polar surface area (TPSA) is 68.9 Å². The fourth-order valence-electron chi connectivity index (χ4n) is 2.86. The molecule has 10 heteroatoms. The zero-order chi connectivity index (χ0) is 21.9. The molecule has 0 atom stereocenters. The summed E-state index contributed by atoms with van der Waals surface area (Å²) in [6, 6.07) is 11.1. The summed E-state index contributed by atoms with van der Waals surface area (Å²) in [7, 11) is 0. The van der Waals surface area contributed by atoms with Crippen LogP contribution < -0.4 is 16.7 Å². The maximum absolute atomic E-state index is 13.0. The van der Waals surface area contributed by atoms with Crippen LogP contribution in [-0.2, 0) is 19.3 Å². The molecule has 0 saturated carbocycles. The summed E-state index contributed by atoms with van der Waals surface area (Å²) in [6.07, 6.45) is -3.99. The van der Waals surface area contributed by atoms with Gasteiger partial charge in [-0.2, -0.15) is 18.2 Å². The van der Waals surface area contributed by atoms with E-state index >= 15 is 0 Å². The van der Waals surface area contributed by atoms with Crippen LogP contribution in [-0.4, -0.2) is 14.1 Å². The van der Waals surface area contributed by atoms with E-state index in [1.165, 1.54) is 16.7 Å². The lowest BCUT2D eigenvalue weighted by Crippen LogP contribution is -2.42. The summed E-state index contributed by atoms with van der Waals surface area (Å²) in [5, 5.41) is 3.20. The zero-order valence-corrected chi connectivity index (χ0v) is 16.7. The third-order valence-corrected chi connectivity index (χ3v) is 4.55. The van der Waals surface area contributed by atoms with Crippen LogP contribution in [0, 0.1) is 0 Å². The van der Waals surface area contributed by atoms with Crippen LogP contribution in [0.3, 0.4) is 0 Å². The van der Waals surface area contributed by atoms with Crippen LogP contribution in [0.25, 0.3) is 0 Å². The van der Waals surface area contributed by atoms with Gasteiger partial charge in [0.2, 0.25) is 5.95 Å². The van der Waals surface area contributed by atoms with Gasteiger partial charge in [-0.15, -0.1) is 0 Å². The standard InChI is InChI=1S/C20H18ClF3N4O2/c1-2-10-27-18(29)26-17(25-16-5-3-4-14(11-16)20(22,23)24)28(19(27)30)12-13-6-8-15(21)9-7-13/h3-9,11H,2,10,12H2,1H3,(H,25,26,29). The zero-order valence-electron chi connectivity index (χ0n) is 15.9. The van der Waals surface area contributed by atoms with Crippen molar-refractivity contribution >= 4 is 23.2 Å². The van der Waals surface area contributed by atoms with Gasteiger partial charge in [-0.1, -0.05) is 36.7 Å². The van der Waals surface area contributed by atoms with Crippen LogP contribution in [0.15, 0.2) is 58.1 Å². The molecule has 1 N–H and O–H groups in total. The highest BCUT2D eigenvalue weighted by atomic mass is 35.5. The van der Waals surface area contributed by atoms with E-state index < -0.39 is 23.1 Å². The molecule has 2 aromatic carbocycles. The molecule has 3 aromatic rings. The Kier molecular flexibility index (Phi) is 6.31. The quantitative estimate of drug-likeness (QED) is 0.623. The van der Waals surface area contributed by atoms with Crippen molar-refractivity contribution in [3.05, 3.63) is 85.6 Å². The predicted molar refractivity (Wildman–Crippen MR) is 108 cm³/mol. The molecule has 1 aromatic heterocycles. The van der Waals surface area contributed by atoms with Crippen molar-refractivity contribution in [2.75, 3.05) is 5.32 Å². The van der Waals surface area contributed by atoms with Gasteiger partial charge >= 0.3 is 17.6 Å². The van der Waals surface area contributed by atoms with Crippen molar-refractivity contribution in [1.29, 1.82) is 0 Å². The molecule has 0 aliphatic rings. The number of rotatable bonds is 6. The average Bonchev–Trinajstić information content (AvgIpc) is 2.69. The second-order valence-electron chi connectivity index (χ2n) is 6.57. The minimum atomic E-state index is -4.53. The Morgan fingerprint density at radius 1 is 1.07 bits per heavy atom. The smallest absolute Gasteiger partial charge is 0.325 e. The molecule has 1 heterocycles. The number of hydrogen-bond acceptors (Lipinski definition) is 4. The summed E-state index contributed by atoms with van der Waals surface area (Å²) in [4.78, 5) is 29.2. The van der Waals surface area contributed by atoms with E-state index in [2.05, 4.69) is 10.3 Å². The fraction of sp³-hybridized carbons (Fsp3) is 0.250. The summed E-state index contributed by atoms with van der Waals surface area (Å²) in [5.41, 5.74) is -1.49. The van der Waals surface area contributed by atoms with E-state index in [1.807, 2.05) is 6.92 Å². The molecule has 0 fully saturated rings. The van der Waals surface area contributed by atoms with Crippen molar-refractivity contribution in [3.8, 4) is 0 Å². The number of nitrogens with one attached hydrogen (secondary N) is 1. The van der Waals surface area contributed by atoms with E-state index in [0.29, 0.717) is 17.0 Å². The van der Waals surface area contributed by atoms with E-state index in [1.54, 1.807) is 24.3 Å². The lowest BCUT2D eigenvalue weighted by molar-refractivity contribution is -0.137. The highest BCUT2D eigenvalue weighted by molar-refractivity contribution is 6.30. The van der Waals surface area contributed by atoms with Gasteiger partial charge in [0.1, 0.15) is 0 Å². The molecule has 0 radical (unpaired) electrons. The maximum atomic E-state index is 13.0. The minimum absolute atomic E-state index is 0.0499. The lowest BCUT2D eigenvalue weighted by atomic mass is 10.2. The van der Waals surface area contributed by atoms with Gasteiger partial charge in [0.25, 0.3) is 0 Å². The molecule has 158 valence electrons. The van der Waals surface area contributed by atoms with Crippen molar-refractivity contribution in [3.63, 3.8) is 0 Å². The molecular formula is C20H18ClF3N4O2. The Morgan fingerprint density at radius 2 is 1.77 bits per heavy atom. The van der Waals surface area contributed by atoms with Crippen LogP contribution in [0.5, 0.6) is 0 Å². The maximum Gasteiger partial charge on any atom is 0.416 e. The van der Waals surface area contributed by atoms with Gasteiger partial charge in [0, 0.05) is 17.3 Å². The molecule has 6 nitrogen and oxygen atoms in total. The van der Waals surface area contributed by atoms with Gasteiger partial charge < -0.3 is 5.32 Å². The SMILES string of the molecule is CCCn1c(=O)nc(Nc2cccc(C(F)(F)F)c2)n(Cc2ccc(Cl)cc2)c1=O. The molecule has 0 spiro atoms. The van der Waals surface area contributed by atoms with E-state index in [0.717, 1.165) is 16.7 Å². The fourth-order valence-corrected chi connectivity index (χ4v) is 2.98. The third kappa shape index (κ3) is 4.91. The number of anilines is 2. The molecule has 0 saturated heterocycles. The van der Waals surface area contributed by atoms with Crippen molar-refractivity contribution in [2.24, 2.45) is 0 Å². The van der Waals surface area contributed by atoms with Crippen LogP contribution in [0.2, 0.25) is 5.02 Å². The number of hydrogen-bond donors (Lipinski definition) is 1. The first-order chi connectivity index (χ1) is 14.2. The van der Waals surface area contributed by atoms with Crippen LogP contribution in [0.4, 0.5) is 24.8 Å². The highest BCUT2D eigenvalue weighted by Crippen LogP contribution is 2.31. The van der Waals surface area contributed by atoms with Gasteiger partial charge in [0.05, 0.1) is 12.1 Å². The van der Waals surface area contributed by atoms with Crippen molar-refractivity contribution in [1.82, 2.24) is 14.1 Å². The largest absolute Gasteiger partial charge is 0.416 e. The molecular weight excluding hydrogens is 421 g/mol. The number of nitrogens with zero attached hydrogens (tertiary/aromatic N) is 3. The summed E-state index contributed by atoms with van der Waals surface area (Å²) in [5.74, 6) is -0.147. The first-order valence-electron chi connectivity index (χ1n) is 9.09. The molecule has 0 bridgehead atoms. The first kappa shape index (κ1) is 21.6. The average molecular weight is 439 g/mol. The van der Waals surface area contributed by atoms with Gasteiger partial charge in [0.15, 0.2) is 0 Å². The molecule has 30 heavy (non-hydrogen) atoms. The third-order valence-electron chi connectivity index (χ3n) is 4.30. The van der Waals surface area contributed by atoms with Crippen LogP contribution >= 0.6 is 11.6 Å². The molecule has 0 aliphatic heterocycles. The van der Waals surface area contributed by atoms with E-state index in [9.17, 15) is 22.8 Å². The second-order valence-corrected chi connectivity index (χ2v) is 7.00. The summed E-state index contributed by atoms with van der Waals surface area (Å²) >= 11 is 5.89. The van der Waals surface area contributed by atoms with Gasteiger partial charge in [-0.25, -0.2) is 14.2 Å². The molecule has 3 rings (SSSR count). The molecule has 0 unspecified atom stereocenters. The Morgan fingerprint density at radius 3 is 2.40 bits per heavy atom. The van der Waals surface area contributed by atoms with E-state index in [-0.39, 0.29) is 24.7 Å². The molecule has 0 aliphatic carbocycles. The number of aromatic nitrogens is 3. The predicted octanol–water partition coefficient (Wildman–Crippen LogP) is 4.28. The van der Waals surface area contributed by atoms with E-state index in [4.69, 9.17) is 11.6 Å². The summed E-state index contributed by atoms with van der Waals surface area (Å²) < 4.78 is 41.2. The minimum Gasteiger partial charge on any atom is -0.325 e. The second kappa shape index (κ2) is 8.74. The number of benzene rings is 2.